The van der Waals surface area contributed by atoms with Crippen molar-refractivity contribution in [3.05, 3.63) is 41.4 Å². The number of aromatic nitrogens is 4. The van der Waals surface area contributed by atoms with Crippen LogP contribution in [-0.2, 0) is 6.61 Å². The summed E-state index contributed by atoms with van der Waals surface area (Å²) in [6.45, 7) is 6.10. The van der Waals surface area contributed by atoms with Crippen molar-refractivity contribution in [2.24, 2.45) is 0 Å². The van der Waals surface area contributed by atoms with Gasteiger partial charge in [-0.3, -0.25) is 0 Å². The van der Waals surface area contributed by atoms with E-state index in [0.717, 1.165) is 35.9 Å². The first kappa shape index (κ1) is 18.7. The summed E-state index contributed by atoms with van der Waals surface area (Å²) in [5, 5.41) is 4.06. The summed E-state index contributed by atoms with van der Waals surface area (Å²) in [6, 6.07) is 8.06. The highest BCUT2D eigenvalue weighted by atomic mass is 32.2. The lowest BCUT2D eigenvalue weighted by Crippen LogP contribution is -2.21. The number of ether oxygens (including phenoxy) is 1. The zero-order valence-electron chi connectivity index (χ0n) is 16.3. The van der Waals surface area contributed by atoms with Crippen molar-refractivity contribution in [1.29, 1.82) is 0 Å². The molecule has 7 nitrogen and oxygen atoms in total. The number of anilines is 1. The average molecular weight is 398 g/mol. The third kappa shape index (κ3) is 3.96. The van der Waals surface area contributed by atoms with Crippen molar-refractivity contribution in [3.8, 4) is 17.3 Å². The van der Waals surface area contributed by atoms with Gasteiger partial charge in [0.05, 0.1) is 0 Å². The Labute approximate surface area is 168 Å². The van der Waals surface area contributed by atoms with E-state index < -0.39 is 0 Å². The van der Waals surface area contributed by atoms with Gasteiger partial charge < -0.3 is 14.2 Å². The van der Waals surface area contributed by atoms with Gasteiger partial charge in [-0.1, -0.05) is 5.16 Å². The van der Waals surface area contributed by atoms with Crippen LogP contribution >= 0.6 is 11.8 Å². The number of nitrogens with zero attached hydrogens (tertiary/aromatic N) is 5. The Hall–Kier alpha value is -2.61. The van der Waals surface area contributed by atoms with Gasteiger partial charge in [-0.05, 0) is 57.2 Å². The van der Waals surface area contributed by atoms with Crippen molar-refractivity contribution in [1.82, 2.24) is 20.1 Å². The van der Waals surface area contributed by atoms with Gasteiger partial charge in [-0.25, -0.2) is 4.98 Å². The predicted molar refractivity (Wildman–Crippen MR) is 109 cm³/mol. The summed E-state index contributed by atoms with van der Waals surface area (Å²) in [7, 11) is 0. The van der Waals surface area contributed by atoms with E-state index in [0.29, 0.717) is 17.6 Å². The zero-order chi connectivity index (χ0) is 19.5. The second-order valence-corrected chi connectivity index (χ2v) is 7.64. The van der Waals surface area contributed by atoms with E-state index in [2.05, 4.69) is 25.0 Å². The monoisotopic (exact) mass is 397 g/mol. The second kappa shape index (κ2) is 8.18. The van der Waals surface area contributed by atoms with E-state index >= 15 is 0 Å². The number of thioether (sulfide) groups is 1. The molecule has 8 heteroatoms. The molecule has 0 unspecified atom stereocenters. The fourth-order valence-corrected chi connectivity index (χ4v) is 3.50. The van der Waals surface area contributed by atoms with E-state index in [-0.39, 0.29) is 6.61 Å². The molecule has 0 bridgehead atoms. The summed E-state index contributed by atoms with van der Waals surface area (Å²) in [5.74, 6) is 2.27. The molecule has 1 aromatic carbocycles. The van der Waals surface area contributed by atoms with Gasteiger partial charge in [-0.2, -0.15) is 9.97 Å². The van der Waals surface area contributed by atoms with Gasteiger partial charge in [0.1, 0.15) is 0 Å². The first-order valence-corrected chi connectivity index (χ1v) is 10.6. The molecule has 1 fully saturated rings. The van der Waals surface area contributed by atoms with Crippen LogP contribution in [0.25, 0.3) is 11.4 Å². The van der Waals surface area contributed by atoms with Gasteiger partial charge in [0, 0.05) is 34.8 Å². The van der Waals surface area contributed by atoms with E-state index in [1.165, 1.54) is 17.7 Å². The van der Waals surface area contributed by atoms with Crippen LogP contribution in [-0.4, -0.2) is 39.5 Å². The molecule has 0 radical (unpaired) electrons. The maximum absolute atomic E-state index is 5.91. The quantitative estimate of drug-likeness (QED) is 0.577. The highest BCUT2D eigenvalue weighted by Gasteiger charge is 2.19. The molecule has 1 saturated heterocycles. The lowest BCUT2D eigenvalue weighted by Gasteiger charge is -2.17. The van der Waals surface area contributed by atoms with E-state index in [1.807, 2.05) is 44.4 Å². The summed E-state index contributed by atoms with van der Waals surface area (Å²) < 4.78 is 11.3. The molecular weight excluding hydrogens is 374 g/mol. The molecule has 0 aliphatic carbocycles. The molecule has 4 rings (SSSR count). The third-order valence-corrected chi connectivity index (χ3v) is 5.61. The molecule has 0 saturated carbocycles. The summed E-state index contributed by atoms with van der Waals surface area (Å²) in [5.41, 5.74) is 2.76. The Morgan fingerprint density at radius 2 is 1.82 bits per heavy atom. The van der Waals surface area contributed by atoms with Crippen LogP contribution in [0.5, 0.6) is 5.88 Å². The van der Waals surface area contributed by atoms with Crippen LogP contribution in [0.1, 0.15) is 30.0 Å². The van der Waals surface area contributed by atoms with Crippen molar-refractivity contribution >= 4 is 17.7 Å². The van der Waals surface area contributed by atoms with Crippen molar-refractivity contribution in [2.45, 2.75) is 38.2 Å². The minimum absolute atomic E-state index is 0.173. The maximum atomic E-state index is 5.91. The van der Waals surface area contributed by atoms with Crippen LogP contribution in [0.15, 0.2) is 33.7 Å². The van der Waals surface area contributed by atoms with Crippen LogP contribution in [0.3, 0.4) is 0 Å². The summed E-state index contributed by atoms with van der Waals surface area (Å²) >= 11 is 1.70. The molecular formula is C20H23N5O2S. The zero-order valence-corrected chi connectivity index (χ0v) is 17.1. The first-order valence-electron chi connectivity index (χ1n) is 9.34. The van der Waals surface area contributed by atoms with Crippen LogP contribution in [0, 0.1) is 13.8 Å². The molecule has 28 heavy (non-hydrogen) atoms. The molecule has 0 spiro atoms. The lowest BCUT2D eigenvalue weighted by atomic mass is 10.2. The van der Waals surface area contributed by atoms with Crippen LogP contribution in [0.4, 0.5) is 5.95 Å². The first-order chi connectivity index (χ1) is 13.6. The Kier molecular flexibility index (Phi) is 5.47. The number of benzene rings is 1. The Morgan fingerprint density at radius 3 is 2.54 bits per heavy atom. The topological polar surface area (TPSA) is 77.2 Å². The highest BCUT2D eigenvalue weighted by Crippen LogP contribution is 2.25. The maximum Gasteiger partial charge on any atom is 0.264 e. The van der Waals surface area contributed by atoms with Crippen molar-refractivity contribution in [2.75, 3.05) is 24.2 Å². The number of hydrogen-bond donors (Lipinski definition) is 0. The molecule has 0 amide bonds. The van der Waals surface area contributed by atoms with Crippen molar-refractivity contribution < 1.29 is 9.26 Å². The lowest BCUT2D eigenvalue weighted by molar-refractivity contribution is 0.233. The normalized spacial score (nSPS) is 13.9. The molecule has 0 atom stereocenters. The van der Waals surface area contributed by atoms with E-state index in [9.17, 15) is 0 Å². The molecule has 146 valence electrons. The SMILES string of the molecule is CSc1ccc(-c2noc(COc3nc(N4CCCC4)nc(C)c3C)n2)cc1. The fraction of sp³-hybridized carbons (Fsp3) is 0.400. The Bertz CT molecular complexity index is 952. The third-order valence-electron chi connectivity index (χ3n) is 4.87. The molecule has 3 aromatic rings. The van der Waals surface area contributed by atoms with E-state index in [4.69, 9.17) is 9.26 Å². The number of hydrogen-bond acceptors (Lipinski definition) is 8. The standard InChI is InChI=1S/C20H23N5O2S/c1-13-14(2)21-20(25-10-4-5-11-25)23-19(13)26-12-17-22-18(24-27-17)15-6-8-16(28-3)9-7-15/h6-9H,4-5,10-12H2,1-3H3. The van der Waals surface area contributed by atoms with Gasteiger partial charge in [0.25, 0.3) is 5.89 Å². The van der Waals surface area contributed by atoms with Gasteiger partial charge in [-0.15, -0.1) is 11.8 Å². The van der Waals surface area contributed by atoms with Gasteiger partial charge in [0.15, 0.2) is 6.61 Å². The largest absolute Gasteiger partial charge is 0.467 e. The number of aryl methyl sites for hydroxylation is 1. The van der Waals surface area contributed by atoms with Crippen molar-refractivity contribution in [3.63, 3.8) is 0 Å². The molecule has 3 heterocycles. The number of rotatable bonds is 6. The predicted octanol–water partition coefficient (Wildman–Crippen LogP) is 4.04. The highest BCUT2D eigenvalue weighted by molar-refractivity contribution is 7.98. The minimum Gasteiger partial charge on any atom is -0.467 e. The molecule has 0 N–H and O–H groups in total. The second-order valence-electron chi connectivity index (χ2n) is 6.76. The van der Waals surface area contributed by atoms with Gasteiger partial charge in [0.2, 0.25) is 17.7 Å². The summed E-state index contributed by atoms with van der Waals surface area (Å²) in [6.07, 6.45) is 4.40. The molecule has 1 aliphatic rings. The minimum atomic E-state index is 0.173. The molecule has 2 aromatic heterocycles. The molecule has 1 aliphatic heterocycles. The van der Waals surface area contributed by atoms with Crippen LogP contribution in [0.2, 0.25) is 0 Å². The average Bonchev–Trinajstić information content (AvgIpc) is 3.41. The smallest absolute Gasteiger partial charge is 0.264 e. The van der Waals surface area contributed by atoms with Gasteiger partial charge >= 0.3 is 0 Å². The summed E-state index contributed by atoms with van der Waals surface area (Å²) in [4.78, 5) is 17.1. The fourth-order valence-electron chi connectivity index (χ4n) is 3.09. The van der Waals surface area contributed by atoms with E-state index in [1.54, 1.807) is 11.8 Å². The Morgan fingerprint density at radius 1 is 1.07 bits per heavy atom. The Balaban J connectivity index is 1.48. The van der Waals surface area contributed by atoms with Crippen LogP contribution < -0.4 is 9.64 Å².